The third-order valence-electron chi connectivity index (χ3n) is 4.20. The zero-order valence-electron chi connectivity index (χ0n) is 16.9. The molecule has 7 nitrogen and oxygen atoms in total. The van der Waals surface area contributed by atoms with E-state index in [2.05, 4.69) is 15.2 Å². The third kappa shape index (κ3) is 6.00. The van der Waals surface area contributed by atoms with E-state index < -0.39 is 15.9 Å². The molecule has 3 aromatic rings. The molecule has 0 spiro atoms. The number of carbonyl (C=O) groups is 1. The van der Waals surface area contributed by atoms with Crippen LogP contribution in [0.2, 0.25) is 10.0 Å². The number of rotatable bonds is 8. The van der Waals surface area contributed by atoms with Crippen molar-refractivity contribution < 1.29 is 17.9 Å². The van der Waals surface area contributed by atoms with E-state index >= 15 is 0 Å². The minimum absolute atomic E-state index is 0.0942. The lowest BCUT2D eigenvalue weighted by Crippen LogP contribution is -2.18. The Morgan fingerprint density at radius 2 is 1.72 bits per heavy atom. The summed E-state index contributed by atoms with van der Waals surface area (Å²) in [7, 11) is -3.78. The topological polar surface area (TPSA) is 96.9 Å². The van der Waals surface area contributed by atoms with Gasteiger partial charge in [-0.2, -0.15) is 5.10 Å². The Morgan fingerprint density at radius 3 is 2.38 bits per heavy atom. The van der Waals surface area contributed by atoms with E-state index in [9.17, 15) is 13.2 Å². The monoisotopic (exact) mass is 491 g/mol. The van der Waals surface area contributed by atoms with Gasteiger partial charge in [-0.3, -0.25) is 9.52 Å². The van der Waals surface area contributed by atoms with Gasteiger partial charge in [-0.25, -0.2) is 13.8 Å². The van der Waals surface area contributed by atoms with Crippen LogP contribution in [-0.2, 0) is 10.0 Å². The number of halogens is 2. The van der Waals surface area contributed by atoms with Gasteiger partial charge in [0.15, 0.2) is 0 Å². The van der Waals surface area contributed by atoms with Gasteiger partial charge < -0.3 is 4.74 Å². The van der Waals surface area contributed by atoms with Gasteiger partial charge in [0, 0.05) is 16.8 Å². The second-order valence-corrected chi connectivity index (χ2v) is 8.90. The lowest BCUT2D eigenvalue weighted by Gasteiger charge is -2.09. The molecular formula is C22H19Cl2N3O4S. The Labute approximate surface area is 196 Å². The van der Waals surface area contributed by atoms with Crippen LogP contribution in [-0.4, -0.2) is 27.1 Å². The van der Waals surface area contributed by atoms with Gasteiger partial charge in [0.25, 0.3) is 15.9 Å². The first-order valence-corrected chi connectivity index (χ1v) is 11.7. The number of hydrazone groups is 1. The van der Waals surface area contributed by atoms with Gasteiger partial charge in [-0.1, -0.05) is 35.3 Å². The second kappa shape index (κ2) is 10.5. The molecule has 0 heterocycles. The van der Waals surface area contributed by atoms with E-state index in [0.29, 0.717) is 39.2 Å². The van der Waals surface area contributed by atoms with Crippen molar-refractivity contribution in [1.29, 1.82) is 0 Å². The Hall–Kier alpha value is -3.07. The van der Waals surface area contributed by atoms with Crippen LogP contribution in [0.4, 0.5) is 5.69 Å². The van der Waals surface area contributed by atoms with Crippen LogP contribution in [0, 0.1) is 0 Å². The molecule has 0 unspecified atom stereocenters. The smallest absolute Gasteiger partial charge is 0.271 e. The Balaban J connectivity index is 1.63. The first kappa shape index (κ1) is 23.6. The van der Waals surface area contributed by atoms with E-state index in [-0.39, 0.29) is 4.90 Å². The maximum Gasteiger partial charge on any atom is 0.271 e. The summed E-state index contributed by atoms with van der Waals surface area (Å²) in [6, 6.07) is 17.1. The van der Waals surface area contributed by atoms with Gasteiger partial charge in [0.05, 0.1) is 27.8 Å². The molecule has 1 amide bonds. The molecular weight excluding hydrogens is 473 g/mol. The van der Waals surface area contributed by atoms with E-state index in [1.54, 1.807) is 30.3 Å². The molecule has 0 saturated heterocycles. The molecule has 32 heavy (non-hydrogen) atoms. The van der Waals surface area contributed by atoms with Crippen molar-refractivity contribution in [3.63, 3.8) is 0 Å². The van der Waals surface area contributed by atoms with Crippen molar-refractivity contribution in [2.45, 2.75) is 11.8 Å². The number of carbonyl (C=O) groups excluding carboxylic acids is 1. The number of hydrogen-bond donors (Lipinski definition) is 2. The number of ether oxygens (including phenoxy) is 1. The largest absolute Gasteiger partial charge is 0.494 e. The predicted octanol–water partition coefficient (Wildman–Crippen LogP) is 4.96. The average Bonchev–Trinajstić information content (AvgIpc) is 2.77. The molecule has 0 aliphatic heterocycles. The standard InChI is InChI=1S/C22H19Cl2N3O4S/c1-2-31-18-10-12-19(13-11-18)32(29,30)27-17-8-6-15(7-9-17)22(28)26-25-14-16-4-3-5-20(23)21(16)24/h3-14,27H,2H2,1H3,(H,26,28)/b25-14+. The number of nitrogens with zero attached hydrogens (tertiary/aromatic N) is 1. The highest BCUT2D eigenvalue weighted by molar-refractivity contribution is 7.92. The van der Waals surface area contributed by atoms with Crippen LogP contribution in [0.15, 0.2) is 76.7 Å². The maximum absolute atomic E-state index is 12.5. The Bertz CT molecular complexity index is 1230. The molecule has 0 aliphatic carbocycles. The molecule has 3 rings (SSSR count). The van der Waals surface area contributed by atoms with Crippen LogP contribution >= 0.6 is 23.2 Å². The molecule has 3 aromatic carbocycles. The molecule has 166 valence electrons. The average molecular weight is 492 g/mol. The maximum atomic E-state index is 12.5. The summed E-state index contributed by atoms with van der Waals surface area (Å²) < 4.78 is 32.9. The summed E-state index contributed by atoms with van der Waals surface area (Å²) in [5.41, 5.74) is 3.54. The van der Waals surface area contributed by atoms with E-state index in [1.807, 2.05) is 6.92 Å². The number of hydrogen-bond acceptors (Lipinski definition) is 5. The van der Waals surface area contributed by atoms with E-state index in [4.69, 9.17) is 27.9 Å². The molecule has 2 N–H and O–H groups in total. The number of amides is 1. The summed E-state index contributed by atoms with van der Waals surface area (Å²) in [5, 5.41) is 4.58. The number of sulfonamides is 1. The SMILES string of the molecule is CCOc1ccc(S(=O)(=O)Nc2ccc(C(=O)N/N=C/c3cccc(Cl)c3Cl)cc2)cc1. The molecule has 0 bridgehead atoms. The van der Waals surface area contributed by atoms with Gasteiger partial charge in [0.2, 0.25) is 0 Å². The Morgan fingerprint density at radius 1 is 1.03 bits per heavy atom. The molecule has 0 atom stereocenters. The number of nitrogens with one attached hydrogen (secondary N) is 2. The molecule has 0 aromatic heterocycles. The fourth-order valence-corrected chi connectivity index (χ4v) is 4.05. The van der Waals surface area contributed by atoms with Crippen molar-refractivity contribution in [3.05, 3.63) is 87.9 Å². The minimum Gasteiger partial charge on any atom is -0.494 e. The third-order valence-corrected chi connectivity index (χ3v) is 6.43. The van der Waals surface area contributed by atoms with E-state index in [1.165, 1.54) is 42.6 Å². The highest BCUT2D eigenvalue weighted by Crippen LogP contribution is 2.24. The van der Waals surface area contributed by atoms with Crippen molar-refractivity contribution in [2.24, 2.45) is 5.10 Å². The molecule has 0 saturated carbocycles. The minimum atomic E-state index is -3.78. The van der Waals surface area contributed by atoms with Crippen LogP contribution in [0.3, 0.4) is 0 Å². The normalized spacial score (nSPS) is 11.3. The van der Waals surface area contributed by atoms with E-state index in [0.717, 1.165) is 0 Å². The molecule has 0 radical (unpaired) electrons. The predicted molar refractivity (Wildman–Crippen MR) is 126 cm³/mol. The summed E-state index contributed by atoms with van der Waals surface area (Å²) in [4.78, 5) is 12.3. The lowest BCUT2D eigenvalue weighted by atomic mass is 10.2. The first-order valence-electron chi connectivity index (χ1n) is 9.43. The second-order valence-electron chi connectivity index (χ2n) is 6.43. The summed E-state index contributed by atoms with van der Waals surface area (Å²) in [6.45, 7) is 2.33. The van der Waals surface area contributed by atoms with Crippen LogP contribution in [0.5, 0.6) is 5.75 Å². The number of benzene rings is 3. The van der Waals surface area contributed by atoms with Crippen molar-refractivity contribution in [2.75, 3.05) is 11.3 Å². The van der Waals surface area contributed by atoms with Gasteiger partial charge >= 0.3 is 0 Å². The fourth-order valence-electron chi connectivity index (χ4n) is 2.63. The Kier molecular flexibility index (Phi) is 7.74. The zero-order valence-corrected chi connectivity index (χ0v) is 19.2. The fraction of sp³-hybridized carbons (Fsp3) is 0.0909. The molecule has 0 fully saturated rings. The van der Waals surface area contributed by atoms with Crippen LogP contribution in [0.1, 0.15) is 22.8 Å². The lowest BCUT2D eigenvalue weighted by molar-refractivity contribution is 0.0955. The highest BCUT2D eigenvalue weighted by Gasteiger charge is 2.15. The quantitative estimate of drug-likeness (QED) is 0.343. The zero-order chi connectivity index (χ0) is 23.1. The molecule has 10 heteroatoms. The highest BCUT2D eigenvalue weighted by atomic mass is 35.5. The van der Waals surface area contributed by atoms with Gasteiger partial charge in [-0.05, 0) is 61.5 Å². The number of anilines is 1. The van der Waals surface area contributed by atoms with Crippen molar-refractivity contribution >= 4 is 51.0 Å². The van der Waals surface area contributed by atoms with Crippen LogP contribution < -0.4 is 14.9 Å². The van der Waals surface area contributed by atoms with Gasteiger partial charge in [-0.15, -0.1) is 0 Å². The summed E-state index contributed by atoms with van der Waals surface area (Å²) in [6.07, 6.45) is 1.38. The van der Waals surface area contributed by atoms with Crippen LogP contribution in [0.25, 0.3) is 0 Å². The van der Waals surface area contributed by atoms with Crippen molar-refractivity contribution in [1.82, 2.24) is 5.43 Å². The van der Waals surface area contributed by atoms with Gasteiger partial charge in [0.1, 0.15) is 5.75 Å². The van der Waals surface area contributed by atoms with Crippen molar-refractivity contribution in [3.8, 4) is 5.75 Å². The summed E-state index contributed by atoms with van der Waals surface area (Å²) >= 11 is 12.0. The first-order chi connectivity index (χ1) is 15.3. The summed E-state index contributed by atoms with van der Waals surface area (Å²) in [5.74, 6) is 0.113. The molecule has 0 aliphatic rings.